The lowest BCUT2D eigenvalue weighted by molar-refractivity contribution is 0.0965. The molecule has 5 heteroatoms. The van der Waals surface area contributed by atoms with Crippen molar-refractivity contribution < 1.29 is 9.59 Å². The normalized spacial score (nSPS) is 10.8. The van der Waals surface area contributed by atoms with E-state index in [2.05, 4.69) is 0 Å². The van der Waals surface area contributed by atoms with Crippen LogP contribution in [0.15, 0.2) is 48.7 Å². The average molecular weight is 318 g/mol. The number of fused-ring (bicyclic) bond motifs is 1. The van der Waals surface area contributed by atoms with Gasteiger partial charge in [-0.2, -0.15) is 0 Å². The third-order valence-electron chi connectivity index (χ3n) is 3.22. The molecule has 0 spiro atoms. The molecule has 104 valence electrons. The Hall–Kier alpha value is -2.10. The maximum atomic E-state index is 12.6. The van der Waals surface area contributed by atoms with Crippen molar-refractivity contribution in [2.24, 2.45) is 0 Å². The number of carbonyl (C=O) groups is 2. The van der Waals surface area contributed by atoms with Crippen LogP contribution in [0.4, 0.5) is 0 Å². The van der Waals surface area contributed by atoms with Crippen LogP contribution < -0.4 is 0 Å². The van der Waals surface area contributed by atoms with Crippen LogP contribution in [-0.4, -0.2) is 16.8 Å². The number of halogens is 2. The number of rotatable bonds is 2. The Bertz CT molecular complexity index is 854. The maximum absolute atomic E-state index is 12.6. The van der Waals surface area contributed by atoms with Gasteiger partial charge in [0, 0.05) is 27.7 Å². The van der Waals surface area contributed by atoms with Crippen molar-refractivity contribution in [2.45, 2.75) is 0 Å². The fraction of sp³-hybridized carbons (Fsp3) is 0. The van der Waals surface area contributed by atoms with E-state index in [1.165, 1.54) is 10.8 Å². The van der Waals surface area contributed by atoms with Gasteiger partial charge in [-0.25, -0.2) is 0 Å². The van der Waals surface area contributed by atoms with E-state index in [1.807, 2.05) is 6.07 Å². The number of hydrogen-bond donors (Lipinski definition) is 0. The zero-order valence-corrected chi connectivity index (χ0v) is 12.2. The average Bonchev–Trinajstić information content (AvgIpc) is 2.86. The molecule has 21 heavy (non-hydrogen) atoms. The Balaban J connectivity index is 2.29. The summed E-state index contributed by atoms with van der Waals surface area (Å²) in [4.78, 5) is 23.8. The lowest BCUT2D eigenvalue weighted by Gasteiger charge is -2.05. The molecule has 0 radical (unpaired) electrons. The molecule has 0 aliphatic rings. The molecule has 1 aromatic heterocycles. The Labute approximate surface area is 130 Å². The summed E-state index contributed by atoms with van der Waals surface area (Å²) in [6.45, 7) is 0. The molecule has 0 unspecified atom stereocenters. The van der Waals surface area contributed by atoms with Gasteiger partial charge in [0.1, 0.15) is 0 Å². The molecule has 0 aliphatic heterocycles. The van der Waals surface area contributed by atoms with E-state index in [9.17, 15) is 9.59 Å². The molecular formula is C16H9Cl2NO2. The molecule has 0 aliphatic carbocycles. The first kappa shape index (κ1) is 13.9. The van der Waals surface area contributed by atoms with Crippen LogP contribution in [0.2, 0.25) is 10.0 Å². The number of hydrogen-bond acceptors (Lipinski definition) is 2. The first-order valence-corrected chi connectivity index (χ1v) is 6.92. The van der Waals surface area contributed by atoms with Crippen molar-refractivity contribution in [1.82, 2.24) is 4.57 Å². The van der Waals surface area contributed by atoms with E-state index in [0.717, 1.165) is 0 Å². The second-order valence-electron chi connectivity index (χ2n) is 4.53. The molecule has 0 fully saturated rings. The molecule has 0 saturated carbocycles. The van der Waals surface area contributed by atoms with Crippen molar-refractivity contribution in [2.75, 3.05) is 0 Å². The zero-order valence-electron chi connectivity index (χ0n) is 10.7. The topological polar surface area (TPSA) is 39.1 Å². The van der Waals surface area contributed by atoms with Crippen LogP contribution >= 0.6 is 23.2 Å². The minimum atomic E-state index is -0.243. The third-order valence-corrected chi connectivity index (χ3v) is 3.73. The number of benzene rings is 2. The molecule has 1 heterocycles. The van der Waals surface area contributed by atoms with Gasteiger partial charge in [0.05, 0.1) is 10.5 Å². The molecule has 0 saturated heterocycles. The predicted octanol–water partition coefficient (Wildman–Crippen LogP) is 4.45. The summed E-state index contributed by atoms with van der Waals surface area (Å²) in [6.07, 6.45) is 2.16. The van der Waals surface area contributed by atoms with Crippen LogP contribution in [0.1, 0.15) is 20.7 Å². The lowest BCUT2D eigenvalue weighted by atomic mass is 10.2. The minimum absolute atomic E-state index is 0.243. The van der Waals surface area contributed by atoms with E-state index >= 15 is 0 Å². The number of aromatic nitrogens is 1. The smallest absolute Gasteiger partial charge is 0.262 e. The summed E-state index contributed by atoms with van der Waals surface area (Å²) in [5.74, 6) is -0.243. The van der Waals surface area contributed by atoms with Crippen molar-refractivity contribution in [3.05, 3.63) is 69.8 Å². The van der Waals surface area contributed by atoms with E-state index in [1.54, 1.807) is 36.4 Å². The first-order chi connectivity index (χ1) is 10.1. The summed E-state index contributed by atoms with van der Waals surface area (Å²) in [7, 11) is 0. The molecule has 3 rings (SSSR count). The molecule has 3 nitrogen and oxygen atoms in total. The van der Waals surface area contributed by atoms with E-state index < -0.39 is 0 Å². The van der Waals surface area contributed by atoms with E-state index in [0.29, 0.717) is 38.4 Å². The highest BCUT2D eigenvalue weighted by Gasteiger charge is 2.17. The molecule has 0 bridgehead atoms. The van der Waals surface area contributed by atoms with Crippen LogP contribution in [-0.2, 0) is 0 Å². The predicted molar refractivity (Wildman–Crippen MR) is 83.5 cm³/mol. The summed E-state index contributed by atoms with van der Waals surface area (Å²) in [5, 5.41) is 1.28. The third kappa shape index (κ3) is 2.35. The number of aldehydes is 1. The highest BCUT2D eigenvalue weighted by Crippen LogP contribution is 2.31. The van der Waals surface area contributed by atoms with E-state index in [4.69, 9.17) is 23.2 Å². The van der Waals surface area contributed by atoms with Gasteiger partial charge in [-0.15, -0.1) is 0 Å². The zero-order chi connectivity index (χ0) is 15.0. The van der Waals surface area contributed by atoms with Gasteiger partial charge in [-0.05, 0) is 24.3 Å². The summed E-state index contributed by atoms with van der Waals surface area (Å²) in [6, 6.07) is 12.0. The highest BCUT2D eigenvalue weighted by molar-refractivity contribution is 6.39. The number of carbonyl (C=O) groups excluding carboxylic acids is 2. The molecule has 0 amide bonds. The van der Waals surface area contributed by atoms with Gasteiger partial charge in [-0.3, -0.25) is 14.2 Å². The Morgan fingerprint density at radius 1 is 1.10 bits per heavy atom. The fourth-order valence-corrected chi connectivity index (χ4v) is 2.88. The minimum Gasteiger partial charge on any atom is -0.298 e. The van der Waals surface area contributed by atoms with Gasteiger partial charge >= 0.3 is 0 Å². The second-order valence-corrected chi connectivity index (χ2v) is 5.37. The largest absolute Gasteiger partial charge is 0.298 e. The van der Waals surface area contributed by atoms with Gasteiger partial charge < -0.3 is 0 Å². The van der Waals surface area contributed by atoms with Crippen molar-refractivity contribution in [3.63, 3.8) is 0 Å². The molecular weight excluding hydrogens is 309 g/mol. The SMILES string of the molecule is O=Cc1cn(C(=O)c2ccccc2)c2cc(Cl)cc(Cl)c12. The quantitative estimate of drug-likeness (QED) is 0.655. The first-order valence-electron chi connectivity index (χ1n) is 6.17. The van der Waals surface area contributed by atoms with Crippen LogP contribution in [0.25, 0.3) is 10.9 Å². The van der Waals surface area contributed by atoms with E-state index in [-0.39, 0.29) is 5.91 Å². The van der Waals surface area contributed by atoms with Gasteiger partial charge in [0.15, 0.2) is 6.29 Å². The van der Waals surface area contributed by atoms with Crippen LogP contribution in [0.5, 0.6) is 0 Å². The fourth-order valence-electron chi connectivity index (χ4n) is 2.29. The summed E-state index contributed by atoms with van der Waals surface area (Å²) in [5.41, 5.74) is 1.39. The van der Waals surface area contributed by atoms with Crippen LogP contribution in [0, 0.1) is 0 Å². The number of nitrogens with zero attached hydrogens (tertiary/aromatic N) is 1. The molecule has 3 aromatic rings. The van der Waals surface area contributed by atoms with Gasteiger partial charge in [0.25, 0.3) is 5.91 Å². The standard InChI is InChI=1S/C16H9Cl2NO2/c17-12-6-13(18)15-11(9-20)8-19(14(15)7-12)16(21)10-4-2-1-3-5-10/h1-9H. The van der Waals surface area contributed by atoms with Crippen molar-refractivity contribution >= 4 is 46.3 Å². The van der Waals surface area contributed by atoms with Gasteiger partial charge in [0.2, 0.25) is 0 Å². The maximum Gasteiger partial charge on any atom is 0.262 e. The molecule has 0 N–H and O–H groups in total. The Kier molecular flexibility index (Phi) is 3.53. The monoisotopic (exact) mass is 317 g/mol. The molecule has 2 aromatic carbocycles. The highest BCUT2D eigenvalue weighted by atomic mass is 35.5. The molecule has 0 atom stereocenters. The van der Waals surface area contributed by atoms with Crippen LogP contribution in [0.3, 0.4) is 0 Å². The van der Waals surface area contributed by atoms with Gasteiger partial charge in [-0.1, -0.05) is 41.4 Å². The van der Waals surface area contributed by atoms with Crippen molar-refractivity contribution in [1.29, 1.82) is 0 Å². The summed E-state index contributed by atoms with van der Waals surface area (Å²) < 4.78 is 1.39. The summed E-state index contributed by atoms with van der Waals surface area (Å²) >= 11 is 12.1. The van der Waals surface area contributed by atoms with Crippen molar-refractivity contribution in [3.8, 4) is 0 Å². The lowest BCUT2D eigenvalue weighted by Crippen LogP contribution is -2.10. The second kappa shape index (κ2) is 5.35. The Morgan fingerprint density at radius 3 is 2.48 bits per heavy atom. The Morgan fingerprint density at radius 2 is 1.81 bits per heavy atom.